The Kier molecular flexibility index (Phi) is 5.14. The monoisotopic (exact) mass is 302 g/mol. The van der Waals surface area contributed by atoms with Crippen LogP contribution in [0.4, 0.5) is 11.6 Å². The van der Waals surface area contributed by atoms with Crippen LogP contribution in [0.15, 0.2) is 24.3 Å². The molecule has 0 unspecified atom stereocenters. The fourth-order valence-electron chi connectivity index (χ4n) is 1.06. The van der Waals surface area contributed by atoms with Crippen molar-refractivity contribution in [2.45, 2.75) is 0 Å². The first-order chi connectivity index (χ1) is 7.65. The molecule has 0 amide bonds. The number of halogens is 3. The maximum Gasteiger partial charge on any atom is 0.232 e. The predicted octanol–water partition coefficient (Wildman–Crippen LogP) is 3.19. The van der Waals surface area contributed by atoms with Crippen LogP contribution in [0.5, 0.6) is 0 Å². The Labute approximate surface area is 117 Å². The Morgan fingerprint density at radius 3 is 2.06 bits per heavy atom. The molecule has 0 aliphatic heterocycles. The molecule has 0 bridgehead atoms. The Morgan fingerprint density at radius 2 is 1.47 bits per heavy atom. The molecule has 4 nitrogen and oxygen atoms in total. The highest BCUT2D eigenvalue weighted by Gasteiger charge is 2.05. The lowest BCUT2D eigenvalue weighted by Crippen LogP contribution is -1.99. The second-order valence-electron chi connectivity index (χ2n) is 2.80. The molecule has 1 aromatic heterocycles. The highest BCUT2D eigenvalue weighted by atomic mass is 35.5. The fourth-order valence-corrected chi connectivity index (χ4v) is 1.61. The average Bonchev–Trinajstić information content (AvgIpc) is 2.20. The molecule has 0 fully saturated rings. The van der Waals surface area contributed by atoms with Gasteiger partial charge in [0.05, 0.1) is 10.7 Å². The van der Waals surface area contributed by atoms with Crippen LogP contribution in [-0.2, 0) is 0 Å². The van der Waals surface area contributed by atoms with E-state index in [1.165, 1.54) is 0 Å². The summed E-state index contributed by atoms with van der Waals surface area (Å²) in [7, 11) is 0. The van der Waals surface area contributed by atoms with E-state index in [4.69, 9.17) is 34.8 Å². The molecule has 0 aliphatic carbocycles. The lowest BCUT2D eigenvalue weighted by Gasteiger charge is -2.06. The van der Waals surface area contributed by atoms with E-state index in [1.807, 2.05) is 12.1 Å². The third-order valence-corrected chi connectivity index (χ3v) is 2.37. The minimum atomic E-state index is 0. The predicted molar refractivity (Wildman–Crippen MR) is 70.3 cm³/mol. The van der Waals surface area contributed by atoms with Crippen LogP contribution < -0.4 is 5.32 Å². The summed E-state index contributed by atoms with van der Waals surface area (Å²) >= 11 is 17.2. The molecule has 0 saturated heterocycles. The molecule has 1 aromatic carbocycles. The second kappa shape index (κ2) is 6.16. The Hall–Kier alpha value is -0.883. The third-order valence-electron chi connectivity index (χ3n) is 1.70. The van der Waals surface area contributed by atoms with E-state index in [1.54, 1.807) is 12.1 Å². The molecule has 1 N–H and O–H groups in total. The molecular formula is C9H5Cl3N4Si. The molecule has 17 heavy (non-hydrogen) atoms. The number of para-hydroxylation sites is 1. The van der Waals surface area contributed by atoms with Crippen LogP contribution in [0, 0.1) is 0 Å². The van der Waals surface area contributed by atoms with E-state index < -0.39 is 0 Å². The SMILES string of the molecule is Clc1nc(Cl)nc(Nc2ccccc2Cl)n1.[Si]. The summed E-state index contributed by atoms with van der Waals surface area (Å²) in [6.07, 6.45) is 0. The van der Waals surface area contributed by atoms with Gasteiger partial charge in [-0.3, -0.25) is 0 Å². The topological polar surface area (TPSA) is 50.7 Å². The number of rotatable bonds is 2. The standard InChI is InChI=1S/C9H5Cl3N4.Si/c10-5-3-1-2-4-6(5)13-9-15-7(11)14-8(12)16-9;/h1-4H,(H,13,14,15,16);. The van der Waals surface area contributed by atoms with Crippen molar-refractivity contribution in [3.05, 3.63) is 39.9 Å². The number of hydrogen-bond donors (Lipinski definition) is 1. The van der Waals surface area contributed by atoms with Crippen molar-refractivity contribution in [2.75, 3.05) is 5.32 Å². The summed E-state index contributed by atoms with van der Waals surface area (Å²) in [6.45, 7) is 0. The van der Waals surface area contributed by atoms with E-state index in [0.717, 1.165) is 0 Å². The summed E-state index contributed by atoms with van der Waals surface area (Å²) in [5.74, 6) is 0.248. The lowest BCUT2D eigenvalue weighted by atomic mass is 10.3. The minimum absolute atomic E-state index is 0. The van der Waals surface area contributed by atoms with Gasteiger partial charge in [0.2, 0.25) is 16.5 Å². The zero-order chi connectivity index (χ0) is 11.5. The molecule has 0 saturated carbocycles. The number of hydrogen-bond acceptors (Lipinski definition) is 4. The number of benzene rings is 1. The summed E-state index contributed by atoms with van der Waals surface area (Å²) in [5, 5.41) is 3.49. The van der Waals surface area contributed by atoms with Crippen molar-refractivity contribution in [3.8, 4) is 0 Å². The summed E-state index contributed by atoms with van der Waals surface area (Å²) in [6, 6.07) is 7.18. The van der Waals surface area contributed by atoms with E-state index in [0.29, 0.717) is 10.7 Å². The molecule has 8 heteroatoms. The molecule has 86 valence electrons. The van der Waals surface area contributed by atoms with E-state index in [9.17, 15) is 0 Å². The summed E-state index contributed by atoms with van der Waals surface area (Å²) in [5.41, 5.74) is 0.669. The first-order valence-electron chi connectivity index (χ1n) is 4.24. The number of aromatic nitrogens is 3. The van der Waals surface area contributed by atoms with Gasteiger partial charge >= 0.3 is 0 Å². The number of nitrogens with one attached hydrogen (secondary N) is 1. The van der Waals surface area contributed by atoms with Crippen LogP contribution in [0.2, 0.25) is 15.6 Å². The lowest BCUT2D eigenvalue weighted by molar-refractivity contribution is 1.05. The Bertz CT molecular complexity index is 503. The van der Waals surface area contributed by atoms with Crippen LogP contribution >= 0.6 is 34.8 Å². The molecular weight excluding hydrogens is 299 g/mol. The first kappa shape index (κ1) is 14.2. The molecule has 0 atom stereocenters. The molecule has 2 rings (SSSR count). The van der Waals surface area contributed by atoms with Gasteiger partial charge in [0, 0.05) is 11.0 Å². The van der Waals surface area contributed by atoms with Crippen molar-refractivity contribution in [2.24, 2.45) is 0 Å². The molecule has 2 aromatic rings. The molecule has 1 heterocycles. The minimum Gasteiger partial charge on any atom is -0.323 e. The molecule has 0 aliphatic rings. The van der Waals surface area contributed by atoms with Crippen LogP contribution in [0.1, 0.15) is 0 Å². The maximum atomic E-state index is 5.95. The van der Waals surface area contributed by atoms with Gasteiger partial charge in [0.15, 0.2) is 0 Å². The fraction of sp³-hybridized carbons (Fsp3) is 0. The van der Waals surface area contributed by atoms with Gasteiger partial charge in [-0.2, -0.15) is 15.0 Å². The molecule has 0 spiro atoms. The van der Waals surface area contributed by atoms with Crippen LogP contribution in [0.25, 0.3) is 0 Å². The van der Waals surface area contributed by atoms with Gasteiger partial charge in [-0.05, 0) is 35.3 Å². The quantitative estimate of drug-likeness (QED) is 0.866. The van der Waals surface area contributed by atoms with Crippen molar-refractivity contribution in [1.82, 2.24) is 15.0 Å². The third kappa shape index (κ3) is 3.81. The van der Waals surface area contributed by atoms with Crippen LogP contribution in [-0.4, -0.2) is 25.9 Å². The van der Waals surface area contributed by atoms with Gasteiger partial charge in [0.25, 0.3) is 0 Å². The summed E-state index contributed by atoms with van der Waals surface area (Å²) < 4.78 is 0. The van der Waals surface area contributed by atoms with Gasteiger partial charge in [-0.1, -0.05) is 23.7 Å². The number of nitrogens with zero attached hydrogens (tertiary/aromatic N) is 3. The van der Waals surface area contributed by atoms with Crippen molar-refractivity contribution in [3.63, 3.8) is 0 Å². The highest BCUT2D eigenvalue weighted by Crippen LogP contribution is 2.23. The van der Waals surface area contributed by atoms with Crippen molar-refractivity contribution >= 4 is 57.4 Å². The van der Waals surface area contributed by atoms with Gasteiger partial charge in [0.1, 0.15) is 0 Å². The van der Waals surface area contributed by atoms with E-state index in [2.05, 4.69) is 20.3 Å². The Balaban J connectivity index is 0.00000144. The normalized spacial score (nSPS) is 9.59. The number of anilines is 2. The first-order valence-corrected chi connectivity index (χ1v) is 5.37. The van der Waals surface area contributed by atoms with E-state index in [-0.39, 0.29) is 27.5 Å². The zero-order valence-corrected chi connectivity index (χ0v) is 11.6. The average molecular weight is 304 g/mol. The highest BCUT2D eigenvalue weighted by molar-refractivity contribution is 6.33. The second-order valence-corrected chi connectivity index (χ2v) is 3.89. The van der Waals surface area contributed by atoms with Crippen molar-refractivity contribution in [1.29, 1.82) is 0 Å². The van der Waals surface area contributed by atoms with Gasteiger partial charge in [-0.15, -0.1) is 0 Å². The van der Waals surface area contributed by atoms with Gasteiger partial charge in [-0.25, -0.2) is 0 Å². The smallest absolute Gasteiger partial charge is 0.232 e. The van der Waals surface area contributed by atoms with Gasteiger partial charge < -0.3 is 5.32 Å². The van der Waals surface area contributed by atoms with Crippen LogP contribution in [0.3, 0.4) is 0 Å². The summed E-state index contributed by atoms with van der Waals surface area (Å²) in [4.78, 5) is 11.4. The zero-order valence-electron chi connectivity index (χ0n) is 8.28. The maximum absolute atomic E-state index is 5.95. The van der Waals surface area contributed by atoms with E-state index >= 15 is 0 Å². The van der Waals surface area contributed by atoms with Crippen molar-refractivity contribution < 1.29 is 0 Å². The molecule has 4 radical (unpaired) electrons. The Morgan fingerprint density at radius 1 is 0.882 bits per heavy atom. The largest absolute Gasteiger partial charge is 0.323 e.